The molecule has 1 aliphatic rings. The van der Waals surface area contributed by atoms with E-state index in [1.807, 2.05) is 12.1 Å². The first-order valence-electron chi connectivity index (χ1n) is 11.2. The number of urea groups is 1. The molecule has 6 heteroatoms. The van der Waals surface area contributed by atoms with Gasteiger partial charge in [-0.1, -0.05) is 51.0 Å². The van der Waals surface area contributed by atoms with Gasteiger partial charge in [0.1, 0.15) is 14.1 Å². The van der Waals surface area contributed by atoms with Gasteiger partial charge in [-0.2, -0.15) is 0 Å². The molecule has 1 saturated heterocycles. The van der Waals surface area contributed by atoms with Crippen molar-refractivity contribution < 1.29 is 14.7 Å². The van der Waals surface area contributed by atoms with Crippen molar-refractivity contribution in [1.29, 1.82) is 0 Å². The van der Waals surface area contributed by atoms with Gasteiger partial charge in [0, 0.05) is 18.7 Å². The lowest BCUT2D eigenvalue weighted by Gasteiger charge is -2.22. The zero-order valence-electron chi connectivity index (χ0n) is 18.7. The number of carbonyl (C=O) groups excluding carboxylic acids is 1. The third-order valence-electron chi connectivity index (χ3n) is 6.70. The number of fused-ring (bicyclic) bond motifs is 1. The second-order valence-electron chi connectivity index (χ2n) is 8.29. The van der Waals surface area contributed by atoms with Crippen molar-refractivity contribution in [2.45, 2.75) is 64.3 Å². The lowest BCUT2D eigenvalue weighted by atomic mass is 10.0. The number of hydrogen-bond acceptors (Lipinski definition) is 2. The summed E-state index contributed by atoms with van der Waals surface area (Å²) in [5.41, 5.74) is 5.65. The summed E-state index contributed by atoms with van der Waals surface area (Å²) >= 11 is 0. The maximum Gasteiger partial charge on any atom is 0.326 e. The lowest BCUT2D eigenvalue weighted by molar-refractivity contribution is -0.141. The molecule has 31 heavy (non-hydrogen) atoms. The summed E-state index contributed by atoms with van der Waals surface area (Å²) in [5.74, 6) is 2.50. The SMILES string of the molecule is CC[Si](C#Cc1ccc2cccc(CNC(=O)N3CCC[C@H]3C(=O)O)c2c1)(CC)CC. The predicted octanol–water partition coefficient (Wildman–Crippen LogP) is 5.00. The third kappa shape index (κ3) is 5.11. The van der Waals surface area contributed by atoms with Crippen molar-refractivity contribution in [3.8, 4) is 11.5 Å². The number of aliphatic carboxylic acids is 1. The smallest absolute Gasteiger partial charge is 0.326 e. The lowest BCUT2D eigenvalue weighted by Crippen LogP contribution is -2.45. The maximum absolute atomic E-state index is 12.6. The van der Waals surface area contributed by atoms with Gasteiger partial charge in [0.2, 0.25) is 0 Å². The van der Waals surface area contributed by atoms with Crippen molar-refractivity contribution in [3.63, 3.8) is 0 Å². The highest BCUT2D eigenvalue weighted by molar-refractivity contribution is 6.87. The van der Waals surface area contributed by atoms with E-state index >= 15 is 0 Å². The second kappa shape index (κ2) is 10.0. The highest BCUT2D eigenvalue weighted by Gasteiger charge is 2.33. The molecule has 1 fully saturated rings. The van der Waals surface area contributed by atoms with Crippen LogP contribution in [0.4, 0.5) is 4.79 Å². The van der Waals surface area contributed by atoms with Crippen LogP contribution in [0.5, 0.6) is 0 Å². The second-order valence-corrected chi connectivity index (χ2v) is 13.2. The molecule has 0 radical (unpaired) electrons. The molecule has 0 bridgehead atoms. The summed E-state index contributed by atoms with van der Waals surface area (Å²) < 4.78 is 0. The molecule has 0 unspecified atom stereocenters. The topological polar surface area (TPSA) is 69.6 Å². The fourth-order valence-electron chi connectivity index (χ4n) is 4.33. The minimum Gasteiger partial charge on any atom is -0.480 e. The van der Waals surface area contributed by atoms with E-state index in [4.69, 9.17) is 0 Å². The van der Waals surface area contributed by atoms with Crippen molar-refractivity contribution in [2.75, 3.05) is 6.54 Å². The number of carboxylic acids is 1. The largest absolute Gasteiger partial charge is 0.480 e. The first kappa shape index (κ1) is 22.9. The Morgan fingerprint density at radius 1 is 1.16 bits per heavy atom. The summed E-state index contributed by atoms with van der Waals surface area (Å²) in [6.07, 6.45) is 1.23. The Labute approximate surface area is 185 Å². The molecule has 0 saturated carbocycles. The quantitative estimate of drug-likeness (QED) is 0.495. The molecule has 1 heterocycles. The molecule has 2 N–H and O–H groups in total. The molecule has 2 aromatic carbocycles. The molecule has 2 amide bonds. The highest BCUT2D eigenvalue weighted by atomic mass is 28.3. The van der Waals surface area contributed by atoms with Crippen LogP contribution < -0.4 is 5.32 Å². The summed E-state index contributed by atoms with van der Waals surface area (Å²) in [5, 5.41) is 14.4. The Balaban J connectivity index is 1.81. The molecule has 2 aromatic rings. The van der Waals surface area contributed by atoms with E-state index in [2.05, 4.69) is 61.8 Å². The van der Waals surface area contributed by atoms with Crippen LogP contribution in [0.2, 0.25) is 18.1 Å². The van der Waals surface area contributed by atoms with Gasteiger partial charge >= 0.3 is 12.0 Å². The van der Waals surface area contributed by atoms with Crippen LogP contribution in [-0.2, 0) is 11.3 Å². The molecule has 3 rings (SSSR count). The molecule has 0 aliphatic carbocycles. The van der Waals surface area contributed by atoms with Crippen LogP contribution in [0.25, 0.3) is 10.8 Å². The fraction of sp³-hybridized carbons (Fsp3) is 0.440. The van der Waals surface area contributed by atoms with Gasteiger partial charge in [-0.05, 0) is 59.4 Å². The Hall–Kier alpha value is -2.78. The first-order chi connectivity index (χ1) is 14.9. The number of hydrogen-bond donors (Lipinski definition) is 2. The zero-order valence-corrected chi connectivity index (χ0v) is 19.7. The number of rotatable bonds is 6. The van der Waals surface area contributed by atoms with E-state index in [1.54, 1.807) is 0 Å². The number of amides is 2. The molecular weight excluding hydrogens is 404 g/mol. The Bertz CT molecular complexity index is 1010. The van der Waals surface area contributed by atoms with Crippen LogP contribution in [-0.4, -0.2) is 42.7 Å². The first-order valence-corrected chi connectivity index (χ1v) is 13.9. The van der Waals surface area contributed by atoms with Crippen LogP contribution in [0.3, 0.4) is 0 Å². The van der Waals surface area contributed by atoms with Crippen LogP contribution in [0.1, 0.15) is 44.7 Å². The summed E-state index contributed by atoms with van der Waals surface area (Å²) in [4.78, 5) is 25.4. The normalized spacial score (nSPS) is 16.1. The average Bonchev–Trinajstić information content (AvgIpc) is 3.29. The van der Waals surface area contributed by atoms with Gasteiger partial charge in [-0.3, -0.25) is 0 Å². The van der Waals surface area contributed by atoms with E-state index in [1.165, 1.54) is 23.0 Å². The monoisotopic (exact) mass is 436 g/mol. The Morgan fingerprint density at radius 2 is 1.90 bits per heavy atom. The minimum absolute atomic E-state index is 0.317. The molecule has 1 aliphatic heterocycles. The van der Waals surface area contributed by atoms with Crippen molar-refractivity contribution in [3.05, 3.63) is 47.5 Å². The zero-order chi connectivity index (χ0) is 22.4. The standard InChI is InChI=1S/C25H32N2O3Si/c1-4-31(5-2,6-3)16-14-19-12-13-20-9-7-10-21(22(20)17-19)18-26-25(30)27-15-8-11-23(27)24(28)29/h7,9-10,12-13,17,23H,4-6,8,11,15,18H2,1-3H3,(H,26,30)(H,28,29)/t23-/m0/s1. The van der Waals surface area contributed by atoms with Gasteiger partial charge in [0.05, 0.1) is 0 Å². The minimum atomic E-state index is -1.51. The number of nitrogens with one attached hydrogen (secondary N) is 1. The Morgan fingerprint density at radius 3 is 2.58 bits per heavy atom. The van der Waals surface area contributed by atoms with Crippen LogP contribution in [0, 0.1) is 11.5 Å². The number of nitrogens with zero attached hydrogens (tertiary/aromatic N) is 1. The van der Waals surface area contributed by atoms with Crippen molar-refractivity contribution >= 4 is 30.8 Å². The van der Waals surface area contributed by atoms with Gasteiger partial charge < -0.3 is 15.3 Å². The average molecular weight is 437 g/mol. The molecule has 0 spiro atoms. The molecule has 5 nitrogen and oxygen atoms in total. The summed E-state index contributed by atoms with van der Waals surface area (Å²) in [6, 6.07) is 14.8. The molecular formula is C25H32N2O3Si. The van der Waals surface area contributed by atoms with E-state index < -0.39 is 20.1 Å². The number of likely N-dealkylation sites (tertiary alicyclic amines) is 1. The number of benzene rings is 2. The van der Waals surface area contributed by atoms with E-state index in [0.29, 0.717) is 19.5 Å². The van der Waals surface area contributed by atoms with E-state index in [9.17, 15) is 14.7 Å². The fourth-order valence-corrected chi connectivity index (χ4v) is 6.77. The summed E-state index contributed by atoms with van der Waals surface area (Å²) in [6.45, 7) is 7.60. The van der Waals surface area contributed by atoms with E-state index in [0.717, 1.165) is 28.3 Å². The predicted molar refractivity (Wildman–Crippen MR) is 128 cm³/mol. The van der Waals surface area contributed by atoms with Gasteiger partial charge in [-0.15, -0.1) is 5.54 Å². The number of carboxylic acid groups (broad SMARTS) is 1. The van der Waals surface area contributed by atoms with Gasteiger partial charge in [0.25, 0.3) is 0 Å². The van der Waals surface area contributed by atoms with Crippen LogP contribution >= 0.6 is 0 Å². The third-order valence-corrected chi connectivity index (χ3v) is 11.4. The van der Waals surface area contributed by atoms with Crippen LogP contribution in [0.15, 0.2) is 36.4 Å². The van der Waals surface area contributed by atoms with Gasteiger partial charge in [-0.25, -0.2) is 9.59 Å². The summed E-state index contributed by atoms with van der Waals surface area (Å²) in [7, 11) is -1.51. The molecule has 164 valence electrons. The Kier molecular flexibility index (Phi) is 7.40. The van der Waals surface area contributed by atoms with Crippen molar-refractivity contribution in [2.24, 2.45) is 0 Å². The van der Waals surface area contributed by atoms with E-state index in [-0.39, 0.29) is 6.03 Å². The number of carbonyl (C=O) groups is 2. The maximum atomic E-state index is 12.6. The molecule has 1 atom stereocenters. The highest BCUT2D eigenvalue weighted by Crippen LogP contribution is 2.23. The van der Waals surface area contributed by atoms with Gasteiger partial charge in [0.15, 0.2) is 0 Å². The van der Waals surface area contributed by atoms with Crippen molar-refractivity contribution in [1.82, 2.24) is 10.2 Å². The molecule has 0 aromatic heterocycles.